The van der Waals surface area contributed by atoms with Crippen molar-refractivity contribution in [3.05, 3.63) is 78.2 Å². The second-order valence-corrected chi connectivity index (χ2v) is 10.2. The molecule has 4 aromatic rings. The summed E-state index contributed by atoms with van der Waals surface area (Å²) in [5.41, 5.74) is 1.47. The van der Waals surface area contributed by atoms with E-state index in [1.807, 2.05) is 34.1 Å². The minimum atomic E-state index is -0.470. The molecular formula is C31H31FN6O4. The lowest BCUT2D eigenvalue weighted by atomic mass is 10.1. The van der Waals surface area contributed by atoms with E-state index >= 15 is 0 Å². The highest BCUT2D eigenvalue weighted by Gasteiger charge is 2.21. The van der Waals surface area contributed by atoms with Gasteiger partial charge in [-0.15, -0.1) is 0 Å². The molecule has 11 heteroatoms. The van der Waals surface area contributed by atoms with Crippen molar-refractivity contribution < 1.29 is 23.5 Å². The number of benzene rings is 3. The van der Waals surface area contributed by atoms with Crippen molar-refractivity contribution in [1.82, 2.24) is 14.9 Å². The topological polar surface area (TPSA) is 100 Å². The molecule has 2 aliphatic heterocycles. The van der Waals surface area contributed by atoms with Crippen LogP contribution in [0.25, 0.3) is 10.8 Å². The molecule has 1 N–H and O–H groups in total. The normalized spacial score (nSPS) is 15.5. The largest absolute Gasteiger partial charge is 0.438 e. The molecule has 2 fully saturated rings. The molecule has 3 heterocycles. The van der Waals surface area contributed by atoms with E-state index in [4.69, 9.17) is 9.47 Å². The van der Waals surface area contributed by atoms with Crippen LogP contribution >= 0.6 is 0 Å². The van der Waals surface area contributed by atoms with Gasteiger partial charge in [-0.3, -0.25) is 9.59 Å². The number of carbonyl (C=O) groups excluding carboxylic acids is 2. The highest BCUT2D eigenvalue weighted by molar-refractivity contribution is 6.10. The number of halogens is 1. The van der Waals surface area contributed by atoms with E-state index in [-0.39, 0.29) is 11.5 Å². The first-order chi connectivity index (χ1) is 20.4. The van der Waals surface area contributed by atoms with Crippen LogP contribution in [0, 0.1) is 5.82 Å². The Morgan fingerprint density at radius 3 is 2.43 bits per heavy atom. The second kappa shape index (κ2) is 12.0. The number of morpholine rings is 1. The summed E-state index contributed by atoms with van der Waals surface area (Å²) in [6, 6.07) is 17.2. The van der Waals surface area contributed by atoms with Crippen molar-refractivity contribution >= 4 is 39.9 Å². The molecule has 2 amide bonds. The zero-order valence-corrected chi connectivity index (χ0v) is 23.3. The number of hydrogen-bond acceptors (Lipinski definition) is 8. The fourth-order valence-electron chi connectivity index (χ4n) is 5.25. The Bertz CT molecular complexity index is 1620. The fraction of sp³-hybridized carbons (Fsp3) is 0.290. The van der Waals surface area contributed by atoms with Crippen LogP contribution in [0.2, 0.25) is 0 Å². The van der Waals surface area contributed by atoms with Gasteiger partial charge in [-0.2, -0.15) is 4.98 Å². The smallest absolute Gasteiger partial charge is 0.255 e. The number of piperazine rings is 1. The monoisotopic (exact) mass is 570 g/mol. The lowest BCUT2D eigenvalue weighted by Gasteiger charge is -2.34. The predicted molar refractivity (Wildman–Crippen MR) is 158 cm³/mol. The van der Waals surface area contributed by atoms with Gasteiger partial charge in [0.15, 0.2) is 0 Å². The van der Waals surface area contributed by atoms with Gasteiger partial charge >= 0.3 is 0 Å². The molecule has 0 saturated carbocycles. The van der Waals surface area contributed by atoms with Crippen molar-refractivity contribution in [2.75, 3.05) is 67.6 Å². The Labute approximate surface area is 242 Å². The van der Waals surface area contributed by atoms with Crippen LogP contribution in [-0.2, 0) is 9.53 Å². The van der Waals surface area contributed by atoms with Gasteiger partial charge in [0.1, 0.15) is 11.6 Å². The Balaban J connectivity index is 1.21. The van der Waals surface area contributed by atoms with Crippen LogP contribution in [0.4, 0.5) is 21.7 Å². The Kier molecular flexibility index (Phi) is 7.83. The summed E-state index contributed by atoms with van der Waals surface area (Å²) in [4.78, 5) is 39.8. The van der Waals surface area contributed by atoms with Crippen LogP contribution in [-0.4, -0.2) is 79.2 Å². The number of aromatic nitrogens is 2. The standard InChI is InChI=1S/C31H31FN6O4/c1-21(39)36-10-12-38(13-11-36)31-33-9-8-29(35-31)42-28-7-6-27(25-4-2-3-5-26(25)28)34-30(40)22-18-23(32)20-24(19-22)37-14-16-41-17-15-37/h2-9,18-20H,10-17H2,1H3,(H,34,40). The van der Waals surface area contributed by atoms with E-state index in [1.54, 1.807) is 42.3 Å². The number of hydrogen-bond donors (Lipinski definition) is 1. The highest BCUT2D eigenvalue weighted by atomic mass is 19.1. The molecule has 3 aromatic carbocycles. The lowest BCUT2D eigenvalue weighted by Crippen LogP contribution is -2.48. The summed E-state index contributed by atoms with van der Waals surface area (Å²) >= 11 is 0. The number of amides is 2. The molecule has 0 aliphatic carbocycles. The van der Waals surface area contributed by atoms with Crippen molar-refractivity contribution in [2.24, 2.45) is 0 Å². The van der Waals surface area contributed by atoms with Gasteiger partial charge < -0.3 is 29.5 Å². The number of rotatable bonds is 6. The molecule has 1 aromatic heterocycles. The number of fused-ring (bicyclic) bond motifs is 1. The van der Waals surface area contributed by atoms with E-state index in [1.165, 1.54) is 12.1 Å². The number of ether oxygens (including phenoxy) is 2. The van der Waals surface area contributed by atoms with E-state index in [0.29, 0.717) is 81.4 Å². The average molecular weight is 571 g/mol. The molecule has 0 radical (unpaired) electrons. The molecule has 2 saturated heterocycles. The lowest BCUT2D eigenvalue weighted by molar-refractivity contribution is -0.129. The molecule has 10 nitrogen and oxygen atoms in total. The first kappa shape index (κ1) is 27.4. The summed E-state index contributed by atoms with van der Waals surface area (Å²) in [7, 11) is 0. The molecule has 216 valence electrons. The van der Waals surface area contributed by atoms with Crippen LogP contribution in [0.1, 0.15) is 17.3 Å². The van der Waals surface area contributed by atoms with Crippen molar-refractivity contribution in [2.45, 2.75) is 6.92 Å². The van der Waals surface area contributed by atoms with E-state index in [0.717, 1.165) is 10.8 Å². The summed E-state index contributed by atoms with van der Waals surface area (Å²) in [5.74, 6) is 0.667. The first-order valence-electron chi connectivity index (χ1n) is 13.9. The van der Waals surface area contributed by atoms with Crippen LogP contribution in [0.5, 0.6) is 11.6 Å². The van der Waals surface area contributed by atoms with Gasteiger partial charge in [0.25, 0.3) is 5.91 Å². The molecule has 0 unspecified atom stereocenters. The Hall–Kier alpha value is -4.77. The van der Waals surface area contributed by atoms with Crippen molar-refractivity contribution in [1.29, 1.82) is 0 Å². The zero-order chi connectivity index (χ0) is 29.1. The highest BCUT2D eigenvalue weighted by Crippen LogP contribution is 2.34. The van der Waals surface area contributed by atoms with Gasteiger partial charge in [-0.25, -0.2) is 9.37 Å². The summed E-state index contributed by atoms with van der Waals surface area (Å²) in [5, 5.41) is 4.49. The third kappa shape index (κ3) is 5.96. The van der Waals surface area contributed by atoms with E-state index < -0.39 is 11.7 Å². The number of nitrogens with one attached hydrogen (secondary N) is 1. The predicted octanol–water partition coefficient (Wildman–Crippen LogP) is 4.32. The van der Waals surface area contributed by atoms with Crippen LogP contribution < -0.4 is 19.9 Å². The molecule has 42 heavy (non-hydrogen) atoms. The van der Waals surface area contributed by atoms with E-state index in [9.17, 15) is 14.0 Å². The third-order valence-corrected chi connectivity index (χ3v) is 7.49. The van der Waals surface area contributed by atoms with Crippen LogP contribution in [0.3, 0.4) is 0 Å². The third-order valence-electron chi connectivity index (χ3n) is 7.49. The summed E-state index contributed by atoms with van der Waals surface area (Å²) in [6.45, 7) is 6.49. The maximum atomic E-state index is 14.5. The molecule has 0 bridgehead atoms. The Morgan fingerprint density at radius 1 is 0.905 bits per heavy atom. The summed E-state index contributed by atoms with van der Waals surface area (Å²) in [6.07, 6.45) is 1.65. The van der Waals surface area contributed by atoms with Gasteiger partial charge in [-0.05, 0) is 30.3 Å². The minimum absolute atomic E-state index is 0.0628. The zero-order valence-electron chi connectivity index (χ0n) is 23.3. The van der Waals surface area contributed by atoms with Gasteiger partial charge in [-0.1, -0.05) is 24.3 Å². The first-order valence-corrected chi connectivity index (χ1v) is 13.9. The number of carbonyl (C=O) groups is 2. The van der Waals surface area contributed by atoms with Crippen LogP contribution in [0.15, 0.2) is 66.9 Å². The average Bonchev–Trinajstić information content (AvgIpc) is 3.02. The number of nitrogens with zero attached hydrogens (tertiary/aromatic N) is 5. The molecule has 0 spiro atoms. The maximum Gasteiger partial charge on any atom is 0.255 e. The SMILES string of the molecule is CC(=O)N1CCN(c2nccc(Oc3ccc(NC(=O)c4cc(F)cc(N5CCOCC5)c4)c4ccccc34)n2)CC1. The minimum Gasteiger partial charge on any atom is -0.438 e. The maximum absolute atomic E-state index is 14.5. The fourth-order valence-corrected chi connectivity index (χ4v) is 5.25. The van der Waals surface area contributed by atoms with Crippen molar-refractivity contribution in [3.63, 3.8) is 0 Å². The number of anilines is 3. The Morgan fingerprint density at radius 2 is 1.67 bits per heavy atom. The summed E-state index contributed by atoms with van der Waals surface area (Å²) < 4.78 is 26.1. The second-order valence-electron chi connectivity index (χ2n) is 10.2. The van der Waals surface area contributed by atoms with Gasteiger partial charge in [0.05, 0.1) is 13.2 Å². The molecule has 2 aliphatic rings. The van der Waals surface area contributed by atoms with Gasteiger partial charge in [0.2, 0.25) is 17.7 Å². The molecular weight excluding hydrogens is 539 g/mol. The van der Waals surface area contributed by atoms with Crippen molar-refractivity contribution in [3.8, 4) is 11.6 Å². The molecule has 0 atom stereocenters. The quantitative estimate of drug-likeness (QED) is 0.366. The van der Waals surface area contributed by atoms with Gasteiger partial charge in [0, 0.05) is 86.2 Å². The van der Waals surface area contributed by atoms with E-state index in [2.05, 4.69) is 15.3 Å². The molecule has 6 rings (SSSR count).